The Labute approximate surface area is 78.0 Å². The van der Waals surface area contributed by atoms with Gasteiger partial charge >= 0.3 is 5.97 Å². The molecule has 76 valence electrons. The number of carbonyl (C=O) groups excluding carboxylic acids is 1. The van der Waals surface area contributed by atoms with Crippen molar-refractivity contribution in [2.75, 3.05) is 20.2 Å². The lowest BCUT2D eigenvalue weighted by molar-refractivity contribution is -0.141. The van der Waals surface area contributed by atoms with Crippen LogP contribution in [-0.4, -0.2) is 31.2 Å². The average Bonchev–Trinajstić information content (AvgIpc) is 2.17. The van der Waals surface area contributed by atoms with Crippen LogP contribution < -0.4 is 0 Å². The molecule has 0 radical (unpaired) electrons. The topological polar surface area (TPSA) is 59.0 Å². The largest absolute Gasteiger partial charge is 0.469 e. The molecule has 0 saturated heterocycles. The number of rotatable bonds is 7. The lowest BCUT2D eigenvalue weighted by atomic mass is 10.3. The van der Waals surface area contributed by atoms with Crippen molar-refractivity contribution in [3.05, 3.63) is 4.91 Å². The summed E-state index contributed by atoms with van der Waals surface area (Å²) in [7, 11) is 1.33. The molecule has 5 nitrogen and oxygen atoms in total. The van der Waals surface area contributed by atoms with Gasteiger partial charge in [-0.15, -0.1) is 4.91 Å². The van der Waals surface area contributed by atoms with Crippen LogP contribution in [0.5, 0.6) is 0 Å². The van der Waals surface area contributed by atoms with Gasteiger partial charge in [-0.1, -0.05) is 13.3 Å². The molecule has 0 aliphatic carbocycles. The van der Waals surface area contributed by atoms with Gasteiger partial charge in [0.1, 0.15) is 0 Å². The van der Waals surface area contributed by atoms with E-state index < -0.39 is 0 Å². The Kier molecular flexibility index (Phi) is 6.86. The standard InChI is InChI=1S/C8H16N2O3/c1-3-4-6-10(9-12)7-5-8(11)13-2/h3-7H2,1-2H3. The number of methoxy groups -OCH3 is 1. The minimum Gasteiger partial charge on any atom is -0.469 e. The molecule has 0 fully saturated rings. The van der Waals surface area contributed by atoms with Crippen molar-refractivity contribution >= 4 is 5.97 Å². The van der Waals surface area contributed by atoms with Gasteiger partial charge in [-0.3, -0.25) is 9.80 Å². The average molecular weight is 188 g/mol. The number of hydrogen-bond donors (Lipinski definition) is 0. The number of ether oxygens (including phenoxy) is 1. The maximum absolute atomic E-state index is 10.7. The molecule has 0 aromatic carbocycles. The van der Waals surface area contributed by atoms with E-state index in [1.807, 2.05) is 6.92 Å². The summed E-state index contributed by atoms with van der Waals surface area (Å²) in [6.07, 6.45) is 2.13. The van der Waals surface area contributed by atoms with Crippen molar-refractivity contribution in [2.24, 2.45) is 5.29 Å². The van der Waals surface area contributed by atoms with Gasteiger partial charge in [0.2, 0.25) is 0 Å². The van der Waals surface area contributed by atoms with Crippen molar-refractivity contribution in [3.63, 3.8) is 0 Å². The highest BCUT2D eigenvalue weighted by atomic mass is 16.5. The normalized spacial score (nSPS) is 9.38. The van der Waals surface area contributed by atoms with Crippen LogP contribution in [0.3, 0.4) is 0 Å². The monoisotopic (exact) mass is 188 g/mol. The SMILES string of the molecule is CCCCN(CCC(=O)OC)N=O. The Morgan fingerprint density at radius 1 is 1.46 bits per heavy atom. The van der Waals surface area contributed by atoms with E-state index in [1.165, 1.54) is 12.1 Å². The van der Waals surface area contributed by atoms with E-state index in [9.17, 15) is 9.70 Å². The second kappa shape index (κ2) is 7.52. The molecule has 0 aromatic heterocycles. The highest BCUT2D eigenvalue weighted by Crippen LogP contribution is 1.97. The molecule has 0 bridgehead atoms. The van der Waals surface area contributed by atoms with Crippen LogP contribution >= 0.6 is 0 Å². The highest BCUT2D eigenvalue weighted by molar-refractivity contribution is 5.69. The molecule has 0 spiro atoms. The zero-order chi connectivity index (χ0) is 10.1. The molecule has 0 aliphatic rings. The number of nitrogens with zero attached hydrogens (tertiary/aromatic N) is 2. The van der Waals surface area contributed by atoms with E-state index in [0.29, 0.717) is 13.1 Å². The number of nitroso groups, excluding NO2 is 1. The summed E-state index contributed by atoms with van der Waals surface area (Å²) >= 11 is 0. The fraction of sp³-hybridized carbons (Fsp3) is 0.875. The molecule has 0 aromatic rings. The summed E-state index contributed by atoms with van der Waals surface area (Å²) < 4.78 is 4.44. The van der Waals surface area contributed by atoms with Crippen molar-refractivity contribution in [1.29, 1.82) is 0 Å². The van der Waals surface area contributed by atoms with Crippen LogP contribution in [0.1, 0.15) is 26.2 Å². The van der Waals surface area contributed by atoms with Crippen LogP contribution in [-0.2, 0) is 9.53 Å². The molecule has 0 saturated carbocycles. The van der Waals surface area contributed by atoms with E-state index >= 15 is 0 Å². The zero-order valence-corrected chi connectivity index (χ0v) is 8.15. The predicted molar refractivity (Wildman–Crippen MR) is 48.9 cm³/mol. The maximum atomic E-state index is 10.7. The van der Waals surface area contributed by atoms with E-state index in [2.05, 4.69) is 10.0 Å². The number of esters is 1. The van der Waals surface area contributed by atoms with Crippen molar-refractivity contribution in [1.82, 2.24) is 5.01 Å². The first kappa shape index (κ1) is 11.9. The Morgan fingerprint density at radius 2 is 2.15 bits per heavy atom. The molecule has 0 aliphatic heterocycles. The van der Waals surface area contributed by atoms with E-state index in [1.54, 1.807) is 0 Å². The van der Waals surface area contributed by atoms with Crippen LogP contribution in [0, 0.1) is 4.91 Å². The van der Waals surface area contributed by atoms with Gasteiger partial charge in [-0.05, 0) is 6.42 Å². The van der Waals surface area contributed by atoms with Gasteiger partial charge < -0.3 is 4.74 Å². The van der Waals surface area contributed by atoms with Gasteiger partial charge in [-0.25, -0.2) is 0 Å². The quantitative estimate of drug-likeness (QED) is 0.343. The highest BCUT2D eigenvalue weighted by Gasteiger charge is 2.06. The van der Waals surface area contributed by atoms with E-state index in [-0.39, 0.29) is 12.4 Å². The molecular formula is C8H16N2O3. The number of carbonyl (C=O) groups is 1. The molecule has 13 heavy (non-hydrogen) atoms. The maximum Gasteiger partial charge on any atom is 0.307 e. The molecule has 0 unspecified atom stereocenters. The predicted octanol–water partition coefficient (Wildman–Crippen LogP) is 1.33. The summed E-state index contributed by atoms with van der Waals surface area (Å²) in [5.74, 6) is -0.315. The first-order valence-corrected chi connectivity index (χ1v) is 4.39. The second-order valence-corrected chi connectivity index (χ2v) is 2.71. The van der Waals surface area contributed by atoms with Crippen molar-refractivity contribution in [3.8, 4) is 0 Å². The van der Waals surface area contributed by atoms with Gasteiger partial charge in [0.15, 0.2) is 0 Å². The first-order valence-electron chi connectivity index (χ1n) is 4.39. The van der Waals surface area contributed by atoms with E-state index in [0.717, 1.165) is 12.8 Å². The molecule has 0 atom stereocenters. The zero-order valence-electron chi connectivity index (χ0n) is 8.15. The van der Waals surface area contributed by atoms with Crippen LogP contribution in [0.25, 0.3) is 0 Å². The molecule has 0 heterocycles. The summed E-state index contributed by atoms with van der Waals surface area (Å²) in [6.45, 7) is 2.98. The third-order valence-electron chi connectivity index (χ3n) is 1.69. The minimum atomic E-state index is -0.315. The van der Waals surface area contributed by atoms with Crippen LogP contribution in [0.15, 0.2) is 5.29 Å². The molecule has 0 amide bonds. The number of hydrogen-bond acceptors (Lipinski definition) is 4. The molecule has 0 rings (SSSR count). The number of unbranched alkanes of at least 4 members (excludes halogenated alkanes) is 1. The Bertz CT molecular complexity index is 161. The minimum absolute atomic E-state index is 0.214. The van der Waals surface area contributed by atoms with Gasteiger partial charge in [0.05, 0.1) is 18.8 Å². The van der Waals surface area contributed by atoms with Gasteiger partial charge in [0.25, 0.3) is 0 Å². The smallest absolute Gasteiger partial charge is 0.307 e. The van der Waals surface area contributed by atoms with Crippen LogP contribution in [0.2, 0.25) is 0 Å². The van der Waals surface area contributed by atoms with Gasteiger partial charge in [0, 0.05) is 13.1 Å². The summed E-state index contributed by atoms with van der Waals surface area (Å²) in [5, 5.41) is 4.15. The third kappa shape index (κ3) is 6.07. The first-order chi connectivity index (χ1) is 6.24. The molecule has 0 N–H and O–H groups in total. The van der Waals surface area contributed by atoms with Gasteiger partial charge in [-0.2, -0.15) is 0 Å². The lowest BCUT2D eigenvalue weighted by Gasteiger charge is -2.13. The van der Waals surface area contributed by atoms with Crippen molar-refractivity contribution < 1.29 is 9.53 Å². The van der Waals surface area contributed by atoms with Crippen LogP contribution in [0.4, 0.5) is 0 Å². The Hall–Kier alpha value is -1.13. The summed E-state index contributed by atoms with van der Waals surface area (Å²) in [5.41, 5.74) is 0. The Balaban J connectivity index is 3.58. The lowest BCUT2D eigenvalue weighted by Crippen LogP contribution is -2.21. The summed E-state index contributed by atoms with van der Waals surface area (Å²) in [6, 6.07) is 0. The fourth-order valence-electron chi connectivity index (χ4n) is 0.856. The third-order valence-corrected chi connectivity index (χ3v) is 1.69. The summed E-state index contributed by atoms with van der Waals surface area (Å²) in [4.78, 5) is 20.9. The van der Waals surface area contributed by atoms with E-state index in [4.69, 9.17) is 0 Å². The Morgan fingerprint density at radius 3 is 2.62 bits per heavy atom. The fourth-order valence-corrected chi connectivity index (χ4v) is 0.856. The molecular weight excluding hydrogens is 172 g/mol. The van der Waals surface area contributed by atoms with Crippen molar-refractivity contribution in [2.45, 2.75) is 26.2 Å². The second-order valence-electron chi connectivity index (χ2n) is 2.71. The molecule has 5 heteroatoms.